The Morgan fingerprint density at radius 1 is 0.826 bits per heavy atom. The zero-order valence-electron chi connectivity index (χ0n) is 15.0. The fourth-order valence-corrected chi connectivity index (χ4v) is 2.14. The molecular formula is C21H32N2. The minimum Gasteiger partial charge on any atom is -0.324 e. The van der Waals surface area contributed by atoms with Gasteiger partial charge in [0.15, 0.2) is 0 Å². The smallest absolute Gasteiger partial charge is 0.0291 e. The number of benzene rings is 2. The number of nitrogens with two attached hydrogens (primary N) is 1. The van der Waals surface area contributed by atoms with Gasteiger partial charge in [0.2, 0.25) is 0 Å². The molecule has 0 saturated carbocycles. The van der Waals surface area contributed by atoms with Crippen LogP contribution in [0.5, 0.6) is 0 Å². The largest absolute Gasteiger partial charge is 0.324 e. The van der Waals surface area contributed by atoms with Crippen LogP contribution in [0.2, 0.25) is 0 Å². The Morgan fingerprint density at radius 2 is 1.30 bits per heavy atom. The van der Waals surface area contributed by atoms with Crippen LogP contribution < -0.4 is 11.1 Å². The highest BCUT2D eigenvalue weighted by atomic mass is 14.9. The summed E-state index contributed by atoms with van der Waals surface area (Å²) >= 11 is 0. The lowest BCUT2D eigenvalue weighted by Crippen LogP contribution is -2.24. The van der Waals surface area contributed by atoms with Crippen LogP contribution >= 0.6 is 0 Å². The van der Waals surface area contributed by atoms with Crippen molar-refractivity contribution in [2.45, 2.75) is 46.2 Å². The molecule has 0 amide bonds. The van der Waals surface area contributed by atoms with Gasteiger partial charge in [0, 0.05) is 12.1 Å². The molecule has 0 spiro atoms. The molecular weight excluding hydrogens is 280 g/mol. The molecule has 0 unspecified atom stereocenters. The maximum atomic E-state index is 5.61. The zero-order chi connectivity index (χ0) is 17.1. The molecule has 0 radical (unpaired) electrons. The molecule has 3 atom stereocenters. The first-order chi connectivity index (χ1) is 11.0. The Bertz CT molecular complexity index is 508. The molecule has 3 N–H and O–H groups in total. The van der Waals surface area contributed by atoms with Gasteiger partial charge in [0.1, 0.15) is 0 Å². The Labute approximate surface area is 142 Å². The molecule has 0 aliphatic carbocycles. The number of rotatable bonds is 6. The Balaban J connectivity index is 0.000000253. The number of nitrogens with one attached hydrogen (secondary N) is 1. The second-order valence-electron chi connectivity index (χ2n) is 6.25. The van der Waals surface area contributed by atoms with E-state index >= 15 is 0 Å². The van der Waals surface area contributed by atoms with E-state index in [0.717, 1.165) is 12.5 Å². The third-order valence-corrected chi connectivity index (χ3v) is 4.09. The summed E-state index contributed by atoms with van der Waals surface area (Å²) in [6.07, 6.45) is 1.24. The van der Waals surface area contributed by atoms with Crippen molar-refractivity contribution in [1.82, 2.24) is 5.32 Å². The van der Waals surface area contributed by atoms with Crippen LogP contribution in [0.25, 0.3) is 0 Å². The predicted molar refractivity (Wildman–Crippen MR) is 101 cm³/mol. The van der Waals surface area contributed by atoms with Gasteiger partial charge in [0.05, 0.1) is 0 Å². The van der Waals surface area contributed by atoms with Crippen LogP contribution in [-0.2, 0) is 0 Å². The van der Waals surface area contributed by atoms with E-state index in [4.69, 9.17) is 5.73 Å². The zero-order valence-corrected chi connectivity index (χ0v) is 15.0. The van der Waals surface area contributed by atoms with Crippen molar-refractivity contribution < 1.29 is 0 Å². The molecule has 0 fully saturated rings. The van der Waals surface area contributed by atoms with Crippen LogP contribution in [-0.4, -0.2) is 6.54 Å². The van der Waals surface area contributed by atoms with Crippen LogP contribution in [0.4, 0.5) is 0 Å². The maximum Gasteiger partial charge on any atom is 0.0291 e. The second kappa shape index (κ2) is 11.0. The van der Waals surface area contributed by atoms with Crippen LogP contribution in [0.3, 0.4) is 0 Å². The van der Waals surface area contributed by atoms with Gasteiger partial charge in [0.25, 0.3) is 0 Å². The van der Waals surface area contributed by atoms with E-state index in [1.807, 2.05) is 37.3 Å². The summed E-state index contributed by atoms with van der Waals surface area (Å²) in [5.74, 6) is 0.765. The summed E-state index contributed by atoms with van der Waals surface area (Å²) in [5.41, 5.74) is 8.18. The van der Waals surface area contributed by atoms with Crippen LogP contribution in [0.15, 0.2) is 60.7 Å². The standard InChI is InChI=1S/C13H21N.C8H11N/c1-4-11(2)10-14-12(3)13-8-6-5-7-9-13;1-7(9)8-5-3-2-4-6-8/h5-9,11-12,14H,4,10H2,1-3H3;2-7H,9H2,1H3/t11-,12+;7-/m01/s1. The molecule has 2 heteroatoms. The average molecular weight is 313 g/mol. The maximum absolute atomic E-state index is 5.61. The van der Waals surface area contributed by atoms with Crippen molar-refractivity contribution in [2.24, 2.45) is 11.7 Å². The van der Waals surface area contributed by atoms with Gasteiger partial charge in [-0.15, -0.1) is 0 Å². The van der Waals surface area contributed by atoms with Crippen molar-refractivity contribution in [3.05, 3.63) is 71.8 Å². The third-order valence-electron chi connectivity index (χ3n) is 4.09. The normalized spacial score (nSPS) is 14.3. The van der Waals surface area contributed by atoms with E-state index in [9.17, 15) is 0 Å². The first-order valence-corrected chi connectivity index (χ1v) is 8.63. The summed E-state index contributed by atoms with van der Waals surface area (Å²) in [6.45, 7) is 9.82. The summed E-state index contributed by atoms with van der Waals surface area (Å²) < 4.78 is 0. The lowest BCUT2D eigenvalue weighted by atomic mass is 10.1. The van der Waals surface area contributed by atoms with E-state index in [0.29, 0.717) is 6.04 Å². The van der Waals surface area contributed by atoms with Crippen LogP contribution in [0.1, 0.15) is 57.3 Å². The number of hydrogen-bond acceptors (Lipinski definition) is 2. The first-order valence-electron chi connectivity index (χ1n) is 8.63. The molecule has 2 aromatic carbocycles. The van der Waals surface area contributed by atoms with E-state index in [-0.39, 0.29) is 6.04 Å². The summed E-state index contributed by atoms with van der Waals surface area (Å²) in [6, 6.07) is 21.3. The van der Waals surface area contributed by atoms with Crippen molar-refractivity contribution in [1.29, 1.82) is 0 Å². The topological polar surface area (TPSA) is 38.0 Å². The molecule has 2 nitrogen and oxygen atoms in total. The van der Waals surface area contributed by atoms with E-state index in [1.54, 1.807) is 0 Å². The molecule has 0 aromatic heterocycles. The Kier molecular flexibility index (Phi) is 9.27. The second-order valence-corrected chi connectivity index (χ2v) is 6.25. The monoisotopic (exact) mass is 312 g/mol. The molecule has 0 saturated heterocycles. The minimum atomic E-state index is 0.159. The molecule has 0 aliphatic rings. The Morgan fingerprint density at radius 3 is 1.70 bits per heavy atom. The van der Waals surface area contributed by atoms with Gasteiger partial charge in [-0.3, -0.25) is 0 Å². The molecule has 0 heterocycles. The van der Waals surface area contributed by atoms with Gasteiger partial charge in [-0.25, -0.2) is 0 Å². The van der Waals surface area contributed by atoms with Gasteiger partial charge >= 0.3 is 0 Å². The fraction of sp³-hybridized carbons (Fsp3) is 0.429. The van der Waals surface area contributed by atoms with Crippen molar-refractivity contribution in [3.63, 3.8) is 0 Å². The predicted octanol–water partition coefficient (Wildman–Crippen LogP) is 5.09. The molecule has 126 valence electrons. The van der Waals surface area contributed by atoms with Crippen molar-refractivity contribution in [2.75, 3.05) is 6.54 Å². The highest BCUT2D eigenvalue weighted by Gasteiger charge is 2.05. The fourth-order valence-electron chi connectivity index (χ4n) is 2.14. The van der Waals surface area contributed by atoms with E-state index in [2.05, 4.69) is 56.4 Å². The average Bonchev–Trinajstić information content (AvgIpc) is 2.61. The SMILES string of the molecule is CC[C@H](C)CN[C@H](C)c1ccccc1.C[C@@H](N)c1ccccc1. The number of hydrogen-bond donors (Lipinski definition) is 2. The third kappa shape index (κ3) is 7.96. The van der Waals surface area contributed by atoms with Gasteiger partial charge < -0.3 is 11.1 Å². The van der Waals surface area contributed by atoms with Crippen molar-refractivity contribution >= 4 is 0 Å². The van der Waals surface area contributed by atoms with Gasteiger partial charge in [-0.2, -0.15) is 0 Å². The summed E-state index contributed by atoms with van der Waals surface area (Å²) in [7, 11) is 0. The summed E-state index contributed by atoms with van der Waals surface area (Å²) in [4.78, 5) is 0. The highest BCUT2D eigenvalue weighted by molar-refractivity contribution is 5.18. The molecule has 2 aromatic rings. The molecule has 0 bridgehead atoms. The van der Waals surface area contributed by atoms with Gasteiger partial charge in [-0.05, 0) is 37.4 Å². The quantitative estimate of drug-likeness (QED) is 0.779. The lowest BCUT2D eigenvalue weighted by molar-refractivity contribution is 0.461. The van der Waals surface area contributed by atoms with Gasteiger partial charge in [-0.1, -0.05) is 80.9 Å². The Hall–Kier alpha value is -1.64. The molecule has 2 rings (SSSR count). The highest BCUT2D eigenvalue weighted by Crippen LogP contribution is 2.11. The lowest BCUT2D eigenvalue weighted by Gasteiger charge is -2.16. The molecule has 0 aliphatic heterocycles. The molecule has 23 heavy (non-hydrogen) atoms. The van der Waals surface area contributed by atoms with E-state index in [1.165, 1.54) is 17.5 Å². The summed E-state index contributed by atoms with van der Waals surface area (Å²) in [5, 5.41) is 3.55. The van der Waals surface area contributed by atoms with E-state index < -0.39 is 0 Å². The minimum absolute atomic E-state index is 0.159. The van der Waals surface area contributed by atoms with Crippen molar-refractivity contribution in [3.8, 4) is 0 Å². The first kappa shape index (κ1) is 19.4. The van der Waals surface area contributed by atoms with Crippen LogP contribution in [0, 0.1) is 5.92 Å².